The molecule has 0 spiro atoms. The molecule has 0 bridgehead atoms. The van der Waals surface area contributed by atoms with E-state index in [9.17, 15) is 22.8 Å². The number of carboxylic acids is 2. The maximum atomic E-state index is 12.7. The van der Waals surface area contributed by atoms with Gasteiger partial charge in [0.25, 0.3) is 0 Å². The Morgan fingerprint density at radius 1 is 0.838 bits per heavy atom. The second kappa shape index (κ2) is 14.3. The summed E-state index contributed by atoms with van der Waals surface area (Å²) in [7, 11) is -3.50. The highest BCUT2D eigenvalue weighted by Crippen LogP contribution is 2.18. The zero-order valence-corrected chi connectivity index (χ0v) is 21.8. The Morgan fingerprint density at radius 2 is 1.35 bits per heavy atom. The Bertz CT molecular complexity index is 1150. The van der Waals surface area contributed by atoms with E-state index < -0.39 is 22.0 Å². The van der Waals surface area contributed by atoms with E-state index in [1.165, 1.54) is 22.1 Å². The first kappa shape index (κ1) is 29.7. The minimum atomic E-state index is -3.50. The van der Waals surface area contributed by atoms with Gasteiger partial charge >= 0.3 is 11.9 Å². The Balaban J connectivity index is 0.000000521. The summed E-state index contributed by atoms with van der Waals surface area (Å²) in [6.07, 6.45) is 1.12. The molecule has 2 aromatic carbocycles. The first-order valence-electron chi connectivity index (χ1n) is 11.9. The van der Waals surface area contributed by atoms with Crippen molar-refractivity contribution in [1.29, 1.82) is 0 Å². The molecule has 1 aliphatic rings. The van der Waals surface area contributed by atoms with E-state index in [1.807, 2.05) is 32.0 Å². The number of carboxylic acid groups (broad SMARTS) is 2. The molecular weight excluding hydrogens is 498 g/mol. The van der Waals surface area contributed by atoms with E-state index in [4.69, 9.17) is 10.2 Å². The molecule has 11 heteroatoms. The first-order valence-corrected chi connectivity index (χ1v) is 13.3. The van der Waals surface area contributed by atoms with Crippen molar-refractivity contribution < 1.29 is 33.0 Å². The molecular formula is C26H33N3O7S. The van der Waals surface area contributed by atoms with Crippen LogP contribution in [0.1, 0.15) is 24.2 Å². The quantitative estimate of drug-likeness (QED) is 0.350. The first-order chi connectivity index (χ1) is 17.6. The van der Waals surface area contributed by atoms with Gasteiger partial charge in [0, 0.05) is 62.7 Å². The standard InChI is InChI=1S/C22H29N3O3S.C4H4O4/c1-3-25(4-2)29(27,28)21-12-10-19(11-13-21)22(26)18-23-14-16-24(17-15-23)20-8-6-5-7-9-20;5-3(6)1-2-4(7)8/h5-13H,3-4,14-18H2,1-2H3;1-2H,(H,5,6)(H,7,8)/b;2-1+. The van der Waals surface area contributed by atoms with E-state index >= 15 is 0 Å². The van der Waals surface area contributed by atoms with Crippen LogP contribution in [0.15, 0.2) is 71.6 Å². The van der Waals surface area contributed by atoms with Crippen LogP contribution in [0, 0.1) is 0 Å². The molecule has 0 atom stereocenters. The molecule has 2 aromatic rings. The fourth-order valence-electron chi connectivity index (χ4n) is 3.77. The normalized spacial score (nSPS) is 14.3. The number of hydrogen-bond acceptors (Lipinski definition) is 7. The summed E-state index contributed by atoms with van der Waals surface area (Å²) >= 11 is 0. The summed E-state index contributed by atoms with van der Waals surface area (Å²) in [4.78, 5) is 36.5. The van der Waals surface area contributed by atoms with Gasteiger partial charge in [-0.15, -0.1) is 0 Å². The van der Waals surface area contributed by atoms with Crippen molar-refractivity contribution in [2.24, 2.45) is 0 Å². The van der Waals surface area contributed by atoms with E-state index in [2.05, 4.69) is 21.9 Å². The Morgan fingerprint density at radius 3 is 1.81 bits per heavy atom. The molecule has 2 N–H and O–H groups in total. The number of nitrogens with zero attached hydrogens (tertiary/aromatic N) is 3. The highest BCUT2D eigenvalue weighted by molar-refractivity contribution is 7.89. The van der Waals surface area contributed by atoms with Crippen LogP contribution in [0.3, 0.4) is 0 Å². The number of para-hydroxylation sites is 1. The fraction of sp³-hybridized carbons (Fsp3) is 0.346. The van der Waals surface area contributed by atoms with Gasteiger partial charge in [-0.1, -0.05) is 44.2 Å². The third kappa shape index (κ3) is 9.12. The molecule has 200 valence electrons. The van der Waals surface area contributed by atoms with Crippen LogP contribution < -0.4 is 4.90 Å². The molecule has 1 aliphatic heterocycles. The maximum Gasteiger partial charge on any atom is 0.328 e. The summed E-state index contributed by atoms with van der Waals surface area (Å²) in [5.74, 6) is -2.50. The molecule has 1 fully saturated rings. The third-order valence-electron chi connectivity index (χ3n) is 5.75. The van der Waals surface area contributed by atoms with Gasteiger partial charge in [0.05, 0.1) is 11.4 Å². The number of piperazine rings is 1. The van der Waals surface area contributed by atoms with Crippen LogP contribution in [0.25, 0.3) is 0 Å². The molecule has 0 unspecified atom stereocenters. The number of aliphatic carboxylic acids is 2. The number of hydrogen-bond donors (Lipinski definition) is 2. The van der Waals surface area contributed by atoms with Gasteiger partial charge < -0.3 is 15.1 Å². The topological polar surface area (TPSA) is 136 Å². The van der Waals surface area contributed by atoms with E-state index in [-0.39, 0.29) is 10.7 Å². The van der Waals surface area contributed by atoms with Crippen LogP contribution in [0.4, 0.5) is 5.69 Å². The predicted octanol–water partition coefficient (Wildman–Crippen LogP) is 2.43. The molecule has 10 nitrogen and oxygen atoms in total. The summed E-state index contributed by atoms with van der Waals surface area (Å²) < 4.78 is 26.5. The van der Waals surface area contributed by atoms with Crippen LogP contribution in [-0.4, -0.2) is 91.4 Å². The molecule has 0 aromatic heterocycles. The zero-order chi connectivity index (χ0) is 27.4. The van der Waals surface area contributed by atoms with Gasteiger partial charge in [-0.25, -0.2) is 18.0 Å². The second-order valence-corrected chi connectivity index (χ2v) is 10.1. The molecule has 0 saturated carbocycles. The summed E-state index contributed by atoms with van der Waals surface area (Å²) in [6, 6.07) is 16.6. The van der Waals surface area contributed by atoms with Gasteiger partial charge in [-0.05, 0) is 24.3 Å². The number of carbonyl (C=O) groups is 3. The average molecular weight is 532 g/mol. The van der Waals surface area contributed by atoms with Crippen molar-refractivity contribution in [2.45, 2.75) is 18.7 Å². The lowest BCUT2D eigenvalue weighted by Crippen LogP contribution is -2.48. The van der Waals surface area contributed by atoms with E-state index in [0.717, 1.165) is 26.2 Å². The number of rotatable bonds is 10. The Hall–Kier alpha value is -3.54. The second-order valence-electron chi connectivity index (χ2n) is 8.15. The van der Waals surface area contributed by atoms with Crippen molar-refractivity contribution in [3.8, 4) is 0 Å². The Kier molecular flexibility index (Phi) is 11.4. The third-order valence-corrected chi connectivity index (χ3v) is 7.81. The SMILES string of the molecule is CCN(CC)S(=O)(=O)c1ccc(C(=O)CN2CCN(c3ccccc3)CC2)cc1.O=C(O)/C=C/C(=O)O. The van der Waals surface area contributed by atoms with Crippen molar-refractivity contribution in [1.82, 2.24) is 9.21 Å². The lowest BCUT2D eigenvalue weighted by atomic mass is 10.1. The van der Waals surface area contributed by atoms with Crippen LogP contribution >= 0.6 is 0 Å². The smallest absolute Gasteiger partial charge is 0.328 e. The molecule has 1 heterocycles. The molecule has 3 rings (SSSR count). The summed E-state index contributed by atoms with van der Waals surface area (Å²) in [5, 5.41) is 15.6. The Labute approximate surface area is 217 Å². The van der Waals surface area contributed by atoms with E-state index in [1.54, 1.807) is 12.1 Å². The van der Waals surface area contributed by atoms with E-state index in [0.29, 0.717) is 37.3 Å². The molecule has 1 saturated heterocycles. The van der Waals surface area contributed by atoms with Gasteiger partial charge in [-0.3, -0.25) is 9.69 Å². The van der Waals surface area contributed by atoms with Crippen molar-refractivity contribution in [3.05, 3.63) is 72.3 Å². The van der Waals surface area contributed by atoms with Crippen molar-refractivity contribution in [2.75, 3.05) is 50.7 Å². The minimum Gasteiger partial charge on any atom is -0.478 e. The fourth-order valence-corrected chi connectivity index (χ4v) is 5.22. The highest BCUT2D eigenvalue weighted by Gasteiger charge is 2.23. The van der Waals surface area contributed by atoms with Gasteiger partial charge in [0.2, 0.25) is 10.0 Å². The van der Waals surface area contributed by atoms with Gasteiger partial charge in [0.1, 0.15) is 0 Å². The number of sulfonamides is 1. The lowest BCUT2D eigenvalue weighted by Gasteiger charge is -2.35. The van der Waals surface area contributed by atoms with Gasteiger partial charge in [-0.2, -0.15) is 4.31 Å². The molecule has 0 radical (unpaired) electrons. The maximum absolute atomic E-state index is 12.7. The summed E-state index contributed by atoms with van der Waals surface area (Å²) in [6.45, 7) is 8.27. The number of benzene rings is 2. The zero-order valence-electron chi connectivity index (χ0n) is 21.0. The van der Waals surface area contributed by atoms with Crippen molar-refractivity contribution >= 4 is 33.4 Å². The number of Topliss-reactive ketones (excluding diaryl/α,β-unsaturated/α-hetero) is 1. The molecule has 0 amide bonds. The predicted molar refractivity (Wildman–Crippen MR) is 140 cm³/mol. The van der Waals surface area contributed by atoms with Crippen molar-refractivity contribution in [3.63, 3.8) is 0 Å². The number of carbonyl (C=O) groups excluding carboxylic acids is 1. The minimum absolute atomic E-state index is 0.0185. The monoisotopic (exact) mass is 531 g/mol. The lowest BCUT2D eigenvalue weighted by molar-refractivity contribution is -0.134. The number of anilines is 1. The van der Waals surface area contributed by atoms with Crippen LogP contribution in [-0.2, 0) is 19.6 Å². The van der Waals surface area contributed by atoms with Crippen LogP contribution in [0.2, 0.25) is 0 Å². The highest BCUT2D eigenvalue weighted by atomic mass is 32.2. The molecule has 37 heavy (non-hydrogen) atoms. The largest absolute Gasteiger partial charge is 0.478 e. The van der Waals surface area contributed by atoms with Gasteiger partial charge in [0.15, 0.2) is 5.78 Å². The molecule has 0 aliphatic carbocycles. The number of ketones is 1. The summed E-state index contributed by atoms with van der Waals surface area (Å²) in [5.41, 5.74) is 1.76. The van der Waals surface area contributed by atoms with Crippen LogP contribution in [0.5, 0.6) is 0 Å². The average Bonchev–Trinajstić information content (AvgIpc) is 2.89.